The van der Waals surface area contributed by atoms with Crippen LogP contribution in [0.1, 0.15) is 25.3 Å². The highest BCUT2D eigenvalue weighted by Gasteiger charge is 2.58. The number of hydrogen-bond acceptors (Lipinski definition) is 2. The molecule has 0 spiro atoms. The molecule has 2 nitrogen and oxygen atoms in total. The van der Waals surface area contributed by atoms with Crippen molar-refractivity contribution in [3.8, 4) is 5.75 Å². The lowest BCUT2D eigenvalue weighted by molar-refractivity contribution is 0.418. The van der Waals surface area contributed by atoms with Crippen molar-refractivity contribution in [1.29, 1.82) is 0 Å². The lowest BCUT2D eigenvalue weighted by Gasteiger charge is -2.07. The molecule has 88 valence electrons. The van der Waals surface area contributed by atoms with E-state index in [9.17, 15) is 13.9 Å². The Labute approximate surface area is 93.1 Å². The van der Waals surface area contributed by atoms with E-state index in [4.69, 9.17) is 5.73 Å². The molecule has 0 radical (unpaired) electrons. The van der Waals surface area contributed by atoms with Crippen molar-refractivity contribution < 1.29 is 13.9 Å². The molecule has 3 N–H and O–H groups in total. The summed E-state index contributed by atoms with van der Waals surface area (Å²) in [6.07, 6.45) is 0. The highest BCUT2D eigenvalue weighted by Crippen LogP contribution is 2.65. The molecule has 1 saturated carbocycles. The van der Waals surface area contributed by atoms with Gasteiger partial charge in [0, 0.05) is 11.6 Å². The zero-order valence-corrected chi connectivity index (χ0v) is 9.30. The molecule has 1 aliphatic carbocycles. The van der Waals surface area contributed by atoms with Crippen LogP contribution < -0.4 is 5.73 Å². The Morgan fingerprint density at radius 3 is 2.50 bits per heavy atom. The molecule has 1 aromatic carbocycles. The summed E-state index contributed by atoms with van der Waals surface area (Å²) in [6, 6.07) is 1.88. The van der Waals surface area contributed by atoms with Crippen molar-refractivity contribution in [2.45, 2.75) is 19.8 Å². The summed E-state index contributed by atoms with van der Waals surface area (Å²) >= 11 is 0. The molecule has 0 saturated heterocycles. The number of aromatic hydroxyl groups is 1. The fourth-order valence-electron chi connectivity index (χ4n) is 2.62. The monoisotopic (exact) mass is 227 g/mol. The molecule has 0 bridgehead atoms. The maximum absolute atomic E-state index is 13.2. The quantitative estimate of drug-likeness (QED) is 0.814. The van der Waals surface area contributed by atoms with Crippen LogP contribution in [0.4, 0.5) is 8.78 Å². The maximum atomic E-state index is 13.2. The number of phenols is 1. The number of nitrogens with two attached hydrogens (primary N) is 1. The van der Waals surface area contributed by atoms with Gasteiger partial charge in [-0.15, -0.1) is 0 Å². The lowest BCUT2D eigenvalue weighted by atomic mass is 10.0. The molecule has 2 rings (SSSR count). The van der Waals surface area contributed by atoms with Crippen LogP contribution in [0.25, 0.3) is 0 Å². The van der Waals surface area contributed by atoms with E-state index in [-0.39, 0.29) is 17.3 Å². The largest absolute Gasteiger partial charge is 0.505 e. The van der Waals surface area contributed by atoms with Gasteiger partial charge in [0.15, 0.2) is 11.6 Å². The zero-order chi connectivity index (χ0) is 12.1. The van der Waals surface area contributed by atoms with Crippen LogP contribution in [0.15, 0.2) is 12.1 Å². The molecule has 0 unspecified atom stereocenters. The fraction of sp³-hybridized carbons (Fsp3) is 0.500. The Morgan fingerprint density at radius 2 is 2.00 bits per heavy atom. The predicted molar refractivity (Wildman–Crippen MR) is 57.1 cm³/mol. The molecule has 1 fully saturated rings. The number of halogens is 2. The minimum Gasteiger partial charge on any atom is -0.505 e. The summed E-state index contributed by atoms with van der Waals surface area (Å²) in [5.41, 5.74) is 5.82. The van der Waals surface area contributed by atoms with Crippen molar-refractivity contribution in [2.75, 3.05) is 6.54 Å². The van der Waals surface area contributed by atoms with Gasteiger partial charge in [0.25, 0.3) is 0 Å². The van der Waals surface area contributed by atoms with Gasteiger partial charge in [-0.25, -0.2) is 8.78 Å². The van der Waals surface area contributed by atoms with Gasteiger partial charge < -0.3 is 10.8 Å². The molecular formula is C12H15F2NO. The Morgan fingerprint density at radius 1 is 1.38 bits per heavy atom. The second kappa shape index (κ2) is 3.42. The summed E-state index contributed by atoms with van der Waals surface area (Å²) in [6.45, 7) is 4.42. The van der Waals surface area contributed by atoms with Crippen molar-refractivity contribution in [1.82, 2.24) is 0 Å². The predicted octanol–water partition coefficient (Wildman–Crippen LogP) is 2.37. The summed E-state index contributed by atoms with van der Waals surface area (Å²) in [5.74, 6) is -1.92. The highest BCUT2D eigenvalue weighted by atomic mass is 19.1. The third-order valence-corrected chi connectivity index (χ3v) is 3.70. The van der Waals surface area contributed by atoms with Crippen molar-refractivity contribution in [2.24, 2.45) is 17.1 Å². The molecule has 0 amide bonds. The van der Waals surface area contributed by atoms with Crippen LogP contribution >= 0.6 is 0 Å². The van der Waals surface area contributed by atoms with Gasteiger partial charge >= 0.3 is 0 Å². The Hall–Kier alpha value is -1.16. The molecule has 1 aromatic rings. The maximum Gasteiger partial charge on any atom is 0.168 e. The van der Waals surface area contributed by atoms with Gasteiger partial charge in [-0.2, -0.15) is 0 Å². The zero-order valence-electron chi connectivity index (χ0n) is 9.30. The second-order valence-corrected chi connectivity index (χ2v) is 4.97. The van der Waals surface area contributed by atoms with E-state index in [0.717, 1.165) is 0 Å². The van der Waals surface area contributed by atoms with E-state index in [1.165, 1.54) is 6.07 Å². The molecule has 0 aromatic heterocycles. The van der Waals surface area contributed by atoms with Crippen LogP contribution in [0.5, 0.6) is 5.75 Å². The topological polar surface area (TPSA) is 46.2 Å². The molecule has 0 aliphatic heterocycles. The van der Waals surface area contributed by atoms with Gasteiger partial charge in [0.1, 0.15) is 5.82 Å². The van der Waals surface area contributed by atoms with Crippen LogP contribution in [-0.2, 0) is 0 Å². The average molecular weight is 227 g/mol. The smallest absolute Gasteiger partial charge is 0.168 e. The highest BCUT2D eigenvalue weighted by molar-refractivity contribution is 5.43. The van der Waals surface area contributed by atoms with Crippen LogP contribution in [0.3, 0.4) is 0 Å². The van der Waals surface area contributed by atoms with E-state index >= 15 is 0 Å². The van der Waals surface area contributed by atoms with Gasteiger partial charge in [-0.3, -0.25) is 0 Å². The first kappa shape index (κ1) is 11.3. The van der Waals surface area contributed by atoms with Crippen molar-refractivity contribution in [3.05, 3.63) is 29.3 Å². The number of benzene rings is 1. The molecule has 4 heteroatoms. The third-order valence-electron chi connectivity index (χ3n) is 3.70. The van der Waals surface area contributed by atoms with Crippen molar-refractivity contribution >= 4 is 0 Å². The SMILES string of the molecule is CC1(C)[C@H](CN)[C@H]1c1cc(F)cc(F)c1O. The summed E-state index contributed by atoms with van der Waals surface area (Å²) < 4.78 is 26.3. The van der Waals surface area contributed by atoms with E-state index in [1.54, 1.807) is 0 Å². The van der Waals surface area contributed by atoms with Crippen LogP contribution in [-0.4, -0.2) is 11.7 Å². The summed E-state index contributed by atoms with van der Waals surface area (Å²) in [7, 11) is 0. The van der Waals surface area contributed by atoms with Gasteiger partial charge in [-0.1, -0.05) is 13.8 Å². The summed E-state index contributed by atoms with van der Waals surface area (Å²) in [4.78, 5) is 0. The first-order chi connectivity index (χ1) is 7.39. The van der Waals surface area contributed by atoms with Crippen molar-refractivity contribution in [3.63, 3.8) is 0 Å². The Kier molecular flexibility index (Phi) is 2.42. The average Bonchev–Trinajstić information content (AvgIpc) is 2.74. The minimum atomic E-state index is -0.909. The van der Waals surface area contributed by atoms with Crippen LogP contribution in [0, 0.1) is 23.0 Å². The number of hydrogen-bond donors (Lipinski definition) is 2. The van der Waals surface area contributed by atoms with Gasteiger partial charge in [-0.05, 0) is 29.9 Å². The van der Waals surface area contributed by atoms with E-state index < -0.39 is 17.4 Å². The Balaban J connectivity index is 2.43. The Bertz CT molecular complexity index is 431. The van der Waals surface area contributed by atoms with Crippen LogP contribution in [0.2, 0.25) is 0 Å². The third kappa shape index (κ3) is 1.48. The molecule has 2 atom stereocenters. The first-order valence-corrected chi connectivity index (χ1v) is 5.27. The van der Waals surface area contributed by atoms with Gasteiger partial charge in [0.2, 0.25) is 0 Å². The molecule has 0 heterocycles. The normalized spacial score (nSPS) is 26.8. The second-order valence-electron chi connectivity index (χ2n) is 4.97. The van der Waals surface area contributed by atoms with Gasteiger partial charge in [0.05, 0.1) is 0 Å². The molecular weight excluding hydrogens is 212 g/mol. The van der Waals surface area contributed by atoms with E-state index in [1.807, 2.05) is 13.8 Å². The number of phenolic OH excluding ortho intramolecular Hbond substituents is 1. The van der Waals surface area contributed by atoms with E-state index in [2.05, 4.69) is 0 Å². The van der Waals surface area contributed by atoms with E-state index in [0.29, 0.717) is 18.2 Å². The summed E-state index contributed by atoms with van der Waals surface area (Å²) in [5, 5.41) is 9.60. The fourth-order valence-corrected chi connectivity index (χ4v) is 2.62. The standard InChI is InChI=1S/C12H15F2NO/c1-12(2)8(5-15)10(12)7-3-6(13)4-9(14)11(7)16/h3-4,8,10,16H,5,15H2,1-2H3/t8-,10-/m1/s1. The minimum absolute atomic E-state index is 0.0669. The molecule has 16 heavy (non-hydrogen) atoms. The molecule has 1 aliphatic rings. The lowest BCUT2D eigenvalue weighted by Crippen LogP contribution is -2.05. The first-order valence-electron chi connectivity index (χ1n) is 5.27. The number of rotatable bonds is 2.